The van der Waals surface area contributed by atoms with Gasteiger partial charge in [-0.1, -0.05) is 0 Å². The molecule has 0 spiro atoms. The SMILES string of the molecule is [S]=[Mo](=[S])[BaH]. The normalized spacial score (nSPS) is 5.75. The molecule has 0 heterocycles. The molecular weight excluding hydrogens is 297 g/mol. The van der Waals surface area contributed by atoms with Crippen LogP contribution in [-0.4, -0.2) is 41.6 Å². The van der Waals surface area contributed by atoms with Crippen LogP contribution in [0.1, 0.15) is 0 Å². The Bertz CT molecular complexity index is 54.4. The summed E-state index contributed by atoms with van der Waals surface area (Å²) in [6.45, 7) is 0. The second kappa shape index (κ2) is 3.88. The Morgan fingerprint density at radius 2 is 1.50 bits per heavy atom. The first-order valence-corrected chi connectivity index (χ1v) is 23.5. The van der Waals surface area contributed by atoms with Crippen LogP contribution in [0.3, 0.4) is 0 Å². The van der Waals surface area contributed by atoms with Gasteiger partial charge in [0, 0.05) is 0 Å². The van der Waals surface area contributed by atoms with E-state index < -0.39 is 3.79 Å². The molecule has 4 heteroatoms. The van der Waals surface area contributed by atoms with Crippen LogP contribution >= 0.6 is 19.6 Å². The van der Waals surface area contributed by atoms with Gasteiger partial charge in [0.1, 0.15) is 0 Å². The van der Waals surface area contributed by atoms with E-state index in [1.165, 1.54) is 0 Å². The van der Waals surface area contributed by atoms with E-state index in [4.69, 9.17) is 19.6 Å². The molecule has 0 aromatic heterocycles. The summed E-state index contributed by atoms with van der Waals surface area (Å²) in [6.07, 6.45) is 0. The molecule has 0 fully saturated rings. The van der Waals surface area contributed by atoms with Crippen molar-refractivity contribution in [2.24, 2.45) is 0 Å². The first-order chi connectivity index (χ1) is 1.73. The van der Waals surface area contributed by atoms with E-state index in [0.29, 0.717) is 41.6 Å². The van der Waals surface area contributed by atoms with E-state index >= 15 is 0 Å². The average Bonchev–Trinajstić information content (AvgIpc) is 0.811. The van der Waals surface area contributed by atoms with Crippen LogP contribution in [0.25, 0.3) is 0 Å². The predicted molar refractivity (Wildman–Crippen MR) is 22.3 cm³/mol. The Hall–Kier alpha value is 2.70. The van der Waals surface area contributed by atoms with Gasteiger partial charge in [-0.05, 0) is 0 Å². The summed E-state index contributed by atoms with van der Waals surface area (Å²) in [5, 5.41) is 0. The standard InChI is InChI=1S/Ba.Mo.2S.H. The summed E-state index contributed by atoms with van der Waals surface area (Å²) in [4.78, 5) is 0. The topological polar surface area (TPSA) is 0 Å². The van der Waals surface area contributed by atoms with Gasteiger partial charge in [-0.2, -0.15) is 0 Å². The van der Waals surface area contributed by atoms with Gasteiger partial charge in [0.2, 0.25) is 0 Å². The molecule has 0 radical (unpaired) electrons. The molecule has 0 aliphatic heterocycles. The predicted octanol–water partition coefficient (Wildman–Crippen LogP) is 0.645. The van der Waals surface area contributed by atoms with Gasteiger partial charge in [0.15, 0.2) is 0 Å². The third-order valence-corrected chi connectivity index (χ3v) is 0. The molecule has 0 aromatic rings. The Labute approximate surface area is 62.8 Å². The van der Waals surface area contributed by atoms with Crippen molar-refractivity contribution in [3.8, 4) is 0 Å². The monoisotopic (exact) mass is 301 g/mol. The van der Waals surface area contributed by atoms with Crippen LogP contribution in [0.2, 0.25) is 0 Å². The van der Waals surface area contributed by atoms with E-state index in [2.05, 4.69) is 0 Å². The Balaban J connectivity index is 3.51. The molecule has 4 heavy (non-hydrogen) atoms. The first kappa shape index (κ1) is 6.70. The number of hydrogen-bond acceptors (Lipinski definition) is 2. The van der Waals surface area contributed by atoms with E-state index in [0.717, 1.165) is 0 Å². The molecule has 0 saturated carbocycles. The minimum absolute atomic E-state index is 0.658. The van der Waals surface area contributed by atoms with Crippen molar-refractivity contribution in [2.45, 2.75) is 0 Å². The second-order valence-electron chi connectivity index (χ2n) is 0.401. The molecule has 0 N–H and O–H groups in total. The zero-order valence-electron chi connectivity index (χ0n) is 2.22. The summed E-state index contributed by atoms with van der Waals surface area (Å²) in [7, 11) is 9.41. The van der Waals surface area contributed by atoms with Gasteiger partial charge < -0.3 is 0 Å². The van der Waals surface area contributed by atoms with Crippen molar-refractivity contribution in [2.75, 3.05) is 0 Å². The summed E-state index contributed by atoms with van der Waals surface area (Å²) >= 11 is 0.658. The van der Waals surface area contributed by atoms with Gasteiger partial charge in [-0.3, -0.25) is 0 Å². The Morgan fingerprint density at radius 3 is 1.50 bits per heavy atom. The maximum atomic E-state index is 4.70. The zero-order chi connectivity index (χ0) is 3.58. The molecule has 0 aromatic carbocycles. The fraction of sp³-hybridized carbons (Fsp3) is 0. The molecule has 0 atom stereocenters. The van der Waals surface area contributed by atoms with Gasteiger partial charge in [0.25, 0.3) is 0 Å². The van der Waals surface area contributed by atoms with Crippen molar-refractivity contribution < 1.29 is 3.79 Å². The Kier molecular flexibility index (Phi) is 6.49. The number of hydrogen-bond donors (Lipinski definition) is 0. The van der Waals surface area contributed by atoms with Crippen molar-refractivity contribution >= 4 is 61.2 Å². The van der Waals surface area contributed by atoms with Crippen LogP contribution in [0.4, 0.5) is 0 Å². The third kappa shape index (κ3) is 8.83. The molecule has 0 amide bonds. The molecule has 0 unspecified atom stereocenters. The van der Waals surface area contributed by atoms with Gasteiger partial charge >= 0.3 is 65.0 Å². The van der Waals surface area contributed by atoms with Crippen LogP contribution in [-0.2, 0) is 3.79 Å². The Morgan fingerprint density at radius 1 is 1.50 bits per heavy atom. The van der Waals surface area contributed by atoms with Gasteiger partial charge in [-0.25, -0.2) is 0 Å². The van der Waals surface area contributed by atoms with Crippen LogP contribution in [0.15, 0.2) is 0 Å². The van der Waals surface area contributed by atoms with Gasteiger partial charge in [-0.15, -0.1) is 0 Å². The van der Waals surface area contributed by atoms with Crippen molar-refractivity contribution in [1.82, 2.24) is 0 Å². The summed E-state index contributed by atoms with van der Waals surface area (Å²) in [5.41, 5.74) is 0. The van der Waals surface area contributed by atoms with Crippen LogP contribution < -0.4 is 0 Å². The first-order valence-electron chi connectivity index (χ1n) is 0.742. The molecule has 0 rings (SSSR count). The van der Waals surface area contributed by atoms with Crippen molar-refractivity contribution in [3.63, 3.8) is 0 Å². The number of rotatable bonds is 0. The molecular formula is HBaMoS2. The fourth-order valence-electron chi connectivity index (χ4n) is 0. The average molecular weight is 298 g/mol. The molecule has 0 saturated heterocycles. The van der Waals surface area contributed by atoms with Crippen LogP contribution in [0, 0.1) is 0 Å². The van der Waals surface area contributed by atoms with Crippen LogP contribution in [0.5, 0.6) is 0 Å². The van der Waals surface area contributed by atoms with E-state index in [1.807, 2.05) is 0 Å². The molecule has 0 aliphatic carbocycles. The second-order valence-corrected chi connectivity index (χ2v) is 46.7. The van der Waals surface area contributed by atoms with Crippen molar-refractivity contribution in [3.05, 3.63) is 0 Å². The summed E-state index contributed by atoms with van der Waals surface area (Å²) < 4.78 is -0.968. The molecule has 0 bridgehead atoms. The third-order valence-electron chi connectivity index (χ3n) is 0. The van der Waals surface area contributed by atoms with E-state index in [-0.39, 0.29) is 0 Å². The zero-order valence-corrected chi connectivity index (χ0v) is 12.1. The maximum absolute atomic E-state index is 4.70. The van der Waals surface area contributed by atoms with Crippen molar-refractivity contribution in [1.29, 1.82) is 0 Å². The summed E-state index contributed by atoms with van der Waals surface area (Å²) in [6, 6.07) is 0. The fourth-order valence-corrected chi connectivity index (χ4v) is 0. The van der Waals surface area contributed by atoms with E-state index in [1.54, 1.807) is 0 Å². The van der Waals surface area contributed by atoms with E-state index in [9.17, 15) is 0 Å². The van der Waals surface area contributed by atoms with Gasteiger partial charge in [0.05, 0.1) is 0 Å². The molecule has 0 aliphatic rings. The quantitative estimate of drug-likeness (QED) is 0.602. The molecule has 0 nitrogen and oxygen atoms in total. The minimum atomic E-state index is -0.968. The molecule has 21 valence electrons. The summed E-state index contributed by atoms with van der Waals surface area (Å²) in [5.74, 6) is 0.